The van der Waals surface area contributed by atoms with Gasteiger partial charge in [0.1, 0.15) is 22.3 Å². The molecule has 2 heterocycles. The maximum atomic E-state index is 12.1. The van der Waals surface area contributed by atoms with E-state index >= 15 is 0 Å². The molecule has 0 saturated carbocycles. The highest BCUT2D eigenvalue weighted by atomic mass is 32.1. The van der Waals surface area contributed by atoms with E-state index in [2.05, 4.69) is 15.3 Å². The Balaban J connectivity index is 2.19. The van der Waals surface area contributed by atoms with Crippen LogP contribution in [0, 0.1) is 11.3 Å². The lowest BCUT2D eigenvalue weighted by Gasteiger charge is -2.09. The summed E-state index contributed by atoms with van der Waals surface area (Å²) in [4.78, 5) is 20.2. The second kappa shape index (κ2) is 6.67. The van der Waals surface area contributed by atoms with Gasteiger partial charge in [-0.05, 0) is 13.0 Å². The molecule has 0 radical (unpaired) electrons. The fourth-order valence-corrected chi connectivity index (χ4v) is 2.15. The van der Waals surface area contributed by atoms with Gasteiger partial charge in [0.15, 0.2) is 0 Å². The Morgan fingerprint density at radius 2 is 2.43 bits per heavy atom. The Morgan fingerprint density at radius 3 is 3.05 bits per heavy atom. The van der Waals surface area contributed by atoms with Crippen LogP contribution in [0.4, 0.5) is 5.69 Å². The number of anilines is 1. The van der Waals surface area contributed by atoms with Gasteiger partial charge >= 0.3 is 0 Å². The van der Waals surface area contributed by atoms with E-state index < -0.39 is 5.91 Å². The SMILES string of the molecule is CCOc1nc(C(=O)NCc2nccs2)cc(N)c1C#N. The Bertz CT molecular complexity index is 679. The van der Waals surface area contributed by atoms with Crippen molar-refractivity contribution in [3.63, 3.8) is 0 Å². The second-order valence-electron chi connectivity index (χ2n) is 3.93. The molecule has 0 aliphatic carbocycles. The number of thiazole rings is 1. The summed E-state index contributed by atoms with van der Waals surface area (Å²) in [6.45, 7) is 2.39. The largest absolute Gasteiger partial charge is 0.477 e. The summed E-state index contributed by atoms with van der Waals surface area (Å²) in [5.41, 5.74) is 6.16. The zero-order valence-electron chi connectivity index (χ0n) is 11.3. The van der Waals surface area contributed by atoms with E-state index in [9.17, 15) is 4.79 Å². The molecular weight excluding hydrogens is 290 g/mol. The zero-order valence-corrected chi connectivity index (χ0v) is 12.1. The molecule has 8 heteroatoms. The summed E-state index contributed by atoms with van der Waals surface area (Å²) in [5, 5.41) is 14.3. The number of nitrogens with one attached hydrogen (secondary N) is 1. The molecule has 2 aromatic heterocycles. The van der Waals surface area contributed by atoms with E-state index in [1.807, 2.05) is 11.4 Å². The highest BCUT2D eigenvalue weighted by Gasteiger charge is 2.16. The Labute approximate surface area is 125 Å². The molecule has 2 rings (SSSR count). The number of hydrogen-bond acceptors (Lipinski definition) is 7. The van der Waals surface area contributed by atoms with Crippen molar-refractivity contribution in [2.45, 2.75) is 13.5 Å². The minimum atomic E-state index is -0.401. The number of carbonyl (C=O) groups is 1. The maximum Gasteiger partial charge on any atom is 0.270 e. The molecule has 0 bridgehead atoms. The highest BCUT2D eigenvalue weighted by molar-refractivity contribution is 7.09. The minimum Gasteiger partial charge on any atom is -0.477 e. The number of aromatic nitrogens is 2. The van der Waals surface area contributed by atoms with Crippen LogP contribution < -0.4 is 15.8 Å². The average molecular weight is 303 g/mol. The predicted octanol–water partition coefficient (Wildman–Crippen LogP) is 1.32. The smallest absolute Gasteiger partial charge is 0.270 e. The molecule has 0 aliphatic heterocycles. The molecule has 1 amide bonds. The van der Waals surface area contributed by atoms with Crippen LogP contribution in [-0.2, 0) is 6.54 Å². The molecule has 0 aromatic carbocycles. The second-order valence-corrected chi connectivity index (χ2v) is 4.91. The van der Waals surface area contributed by atoms with Gasteiger partial charge in [-0.3, -0.25) is 4.79 Å². The average Bonchev–Trinajstić information content (AvgIpc) is 2.98. The van der Waals surface area contributed by atoms with Gasteiger partial charge in [-0.2, -0.15) is 5.26 Å². The number of pyridine rings is 1. The third kappa shape index (κ3) is 3.46. The number of nitrogens with two attached hydrogens (primary N) is 1. The molecular formula is C13H13N5O2S. The Kier molecular flexibility index (Phi) is 4.68. The summed E-state index contributed by atoms with van der Waals surface area (Å²) in [6, 6.07) is 3.28. The number of nitriles is 1. The maximum absolute atomic E-state index is 12.1. The van der Waals surface area contributed by atoms with Crippen molar-refractivity contribution in [1.29, 1.82) is 5.26 Å². The van der Waals surface area contributed by atoms with Crippen LogP contribution in [0.15, 0.2) is 17.6 Å². The van der Waals surface area contributed by atoms with Crippen molar-refractivity contribution in [3.05, 3.63) is 33.9 Å². The topological polar surface area (TPSA) is 114 Å². The van der Waals surface area contributed by atoms with Gasteiger partial charge in [-0.1, -0.05) is 0 Å². The number of rotatable bonds is 5. The first-order valence-electron chi connectivity index (χ1n) is 6.15. The van der Waals surface area contributed by atoms with Crippen LogP contribution in [0.2, 0.25) is 0 Å². The Morgan fingerprint density at radius 1 is 1.62 bits per heavy atom. The predicted molar refractivity (Wildman–Crippen MR) is 77.8 cm³/mol. The monoisotopic (exact) mass is 303 g/mol. The molecule has 0 fully saturated rings. The Hall–Kier alpha value is -2.66. The van der Waals surface area contributed by atoms with Crippen LogP contribution in [0.3, 0.4) is 0 Å². The van der Waals surface area contributed by atoms with E-state index in [0.717, 1.165) is 5.01 Å². The third-order valence-electron chi connectivity index (χ3n) is 2.53. The van der Waals surface area contributed by atoms with Gasteiger partial charge in [-0.25, -0.2) is 9.97 Å². The lowest BCUT2D eigenvalue weighted by atomic mass is 10.2. The summed E-state index contributed by atoms with van der Waals surface area (Å²) in [5.74, 6) is -0.332. The summed E-state index contributed by atoms with van der Waals surface area (Å²) in [6.07, 6.45) is 1.66. The molecule has 3 N–H and O–H groups in total. The molecule has 0 saturated heterocycles. The van der Waals surface area contributed by atoms with Crippen LogP contribution >= 0.6 is 11.3 Å². The molecule has 21 heavy (non-hydrogen) atoms. The van der Waals surface area contributed by atoms with E-state index in [1.54, 1.807) is 13.1 Å². The van der Waals surface area contributed by atoms with E-state index in [4.69, 9.17) is 15.7 Å². The standard InChI is InChI=1S/C13H13N5O2S/c1-2-20-13-8(6-14)9(15)5-10(18-13)12(19)17-7-11-16-3-4-21-11/h3-5H,2,7H2,1H3,(H2,15,18)(H,17,19). The molecule has 0 atom stereocenters. The van der Waals surface area contributed by atoms with Crippen LogP contribution in [0.1, 0.15) is 28.0 Å². The van der Waals surface area contributed by atoms with E-state index in [1.165, 1.54) is 17.4 Å². The van der Waals surface area contributed by atoms with Gasteiger partial charge < -0.3 is 15.8 Å². The fraction of sp³-hybridized carbons (Fsp3) is 0.231. The molecule has 0 aliphatic rings. The quantitative estimate of drug-likeness (QED) is 0.861. The van der Waals surface area contributed by atoms with E-state index in [0.29, 0.717) is 13.2 Å². The number of amides is 1. The lowest BCUT2D eigenvalue weighted by molar-refractivity contribution is 0.0944. The minimum absolute atomic E-state index is 0.0689. The van der Waals surface area contributed by atoms with Crippen LogP contribution in [0.5, 0.6) is 5.88 Å². The molecule has 0 unspecified atom stereocenters. The van der Waals surface area contributed by atoms with Crippen LogP contribution in [0.25, 0.3) is 0 Å². The first-order chi connectivity index (χ1) is 10.2. The van der Waals surface area contributed by atoms with Crippen molar-refractivity contribution in [2.24, 2.45) is 0 Å². The van der Waals surface area contributed by atoms with Gasteiger partial charge in [0.25, 0.3) is 5.91 Å². The van der Waals surface area contributed by atoms with Crippen molar-refractivity contribution >= 4 is 22.9 Å². The van der Waals surface area contributed by atoms with Crippen LogP contribution in [-0.4, -0.2) is 22.5 Å². The van der Waals surface area contributed by atoms with E-state index in [-0.39, 0.29) is 22.8 Å². The fourth-order valence-electron chi connectivity index (χ4n) is 1.60. The van der Waals surface area contributed by atoms with Gasteiger partial charge in [0, 0.05) is 11.6 Å². The van der Waals surface area contributed by atoms with Crippen molar-refractivity contribution in [3.8, 4) is 11.9 Å². The summed E-state index contributed by atoms with van der Waals surface area (Å²) in [7, 11) is 0. The number of nitrogen functional groups attached to an aromatic ring is 1. The summed E-state index contributed by atoms with van der Waals surface area (Å²) < 4.78 is 5.25. The van der Waals surface area contributed by atoms with Gasteiger partial charge in [-0.15, -0.1) is 11.3 Å². The highest BCUT2D eigenvalue weighted by Crippen LogP contribution is 2.22. The first kappa shape index (κ1) is 14.7. The number of ether oxygens (including phenoxy) is 1. The van der Waals surface area contributed by atoms with Crippen molar-refractivity contribution in [2.75, 3.05) is 12.3 Å². The molecule has 0 spiro atoms. The number of carbonyl (C=O) groups excluding carboxylic acids is 1. The first-order valence-corrected chi connectivity index (χ1v) is 7.03. The number of hydrogen-bond donors (Lipinski definition) is 2. The number of nitrogens with zero attached hydrogens (tertiary/aromatic N) is 3. The molecule has 2 aromatic rings. The van der Waals surface area contributed by atoms with Crippen molar-refractivity contribution in [1.82, 2.24) is 15.3 Å². The van der Waals surface area contributed by atoms with Crippen molar-refractivity contribution < 1.29 is 9.53 Å². The molecule has 7 nitrogen and oxygen atoms in total. The van der Waals surface area contributed by atoms with Gasteiger partial charge in [0.2, 0.25) is 5.88 Å². The lowest BCUT2D eigenvalue weighted by Crippen LogP contribution is -2.24. The normalized spacial score (nSPS) is 9.90. The summed E-state index contributed by atoms with van der Waals surface area (Å²) >= 11 is 1.44. The third-order valence-corrected chi connectivity index (χ3v) is 3.31. The zero-order chi connectivity index (χ0) is 15.2. The molecule has 108 valence electrons. The van der Waals surface area contributed by atoms with Gasteiger partial charge in [0.05, 0.1) is 18.8 Å².